The lowest BCUT2D eigenvalue weighted by molar-refractivity contribution is 0.268. The molecule has 0 unspecified atom stereocenters. The second-order valence-electron chi connectivity index (χ2n) is 7.25. The molecule has 0 aliphatic carbocycles. The average molecular weight is 398 g/mol. The number of aryl methyl sites for hydroxylation is 1. The standard InChI is InChI=1S/C21H23N3O3S/c1-15-10-12-17(13-11-15)20-22-21(27-23-20)18-8-3-4-9-19(18)28(25,26)24-14-6-5-7-16(24)2/h3-4,8-13,16H,5-7,14H2,1-2H3/t16-/m1/s1. The zero-order chi connectivity index (χ0) is 19.7. The van der Waals surface area contributed by atoms with Crippen LogP contribution in [0.3, 0.4) is 0 Å². The van der Waals surface area contributed by atoms with Gasteiger partial charge in [0.1, 0.15) is 0 Å². The number of hydrogen-bond donors (Lipinski definition) is 0. The summed E-state index contributed by atoms with van der Waals surface area (Å²) in [5, 5.41) is 4.05. The van der Waals surface area contributed by atoms with E-state index in [1.807, 2.05) is 38.1 Å². The van der Waals surface area contributed by atoms with Gasteiger partial charge in [0.15, 0.2) is 0 Å². The Morgan fingerprint density at radius 2 is 1.82 bits per heavy atom. The first-order valence-corrected chi connectivity index (χ1v) is 10.9. The molecule has 0 N–H and O–H groups in total. The quantitative estimate of drug-likeness (QED) is 0.657. The van der Waals surface area contributed by atoms with Gasteiger partial charge in [-0.25, -0.2) is 8.42 Å². The zero-order valence-corrected chi connectivity index (χ0v) is 16.8. The van der Waals surface area contributed by atoms with Crippen LogP contribution in [0.5, 0.6) is 0 Å². The van der Waals surface area contributed by atoms with Crippen molar-refractivity contribution in [1.82, 2.24) is 14.4 Å². The number of hydrogen-bond acceptors (Lipinski definition) is 5. The highest BCUT2D eigenvalue weighted by molar-refractivity contribution is 7.89. The Labute approximate surface area is 165 Å². The molecule has 1 aliphatic heterocycles. The van der Waals surface area contributed by atoms with E-state index in [2.05, 4.69) is 10.1 Å². The fourth-order valence-corrected chi connectivity index (χ4v) is 5.46. The minimum atomic E-state index is -3.65. The van der Waals surface area contributed by atoms with Gasteiger partial charge in [-0.15, -0.1) is 0 Å². The van der Waals surface area contributed by atoms with Crippen LogP contribution < -0.4 is 0 Å². The summed E-state index contributed by atoms with van der Waals surface area (Å²) in [6.07, 6.45) is 2.81. The van der Waals surface area contributed by atoms with Crippen molar-refractivity contribution >= 4 is 10.0 Å². The molecule has 4 rings (SSSR count). The summed E-state index contributed by atoms with van der Waals surface area (Å²) in [5.74, 6) is 0.646. The van der Waals surface area contributed by atoms with Gasteiger partial charge in [-0.05, 0) is 38.8 Å². The highest BCUT2D eigenvalue weighted by Gasteiger charge is 2.33. The van der Waals surface area contributed by atoms with Crippen molar-refractivity contribution in [3.05, 3.63) is 54.1 Å². The molecule has 1 fully saturated rings. The summed E-state index contributed by atoms with van der Waals surface area (Å²) >= 11 is 0. The third-order valence-corrected chi connectivity index (χ3v) is 7.25. The molecule has 0 saturated carbocycles. The lowest BCUT2D eigenvalue weighted by Gasteiger charge is -2.32. The number of sulfonamides is 1. The molecule has 1 saturated heterocycles. The predicted molar refractivity (Wildman–Crippen MR) is 107 cm³/mol. The van der Waals surface area contributed by atoms with Crippen LogP contribution in [-0.2, 0) is 10.0 Å². The summed E-state index contributed by atoms with van der Waals surface area (Å²) in [6.45, 7) is 4.51. The molecule has 0 amide bonds. The Bertz CT molecular complexity index is 1070. The largest absolute Gasteiger partial charge is 0.334 e. The van der Waals surface area contributed by atoms with Crippen LogP contribution in [0, 0.1) is 6.92 Å². The molecular formula is C21H23N3O3S. The first kappa shape index (κ1) is 18.8. The fourth-order valence-electron chi connectivity index (χ4n) is 3.58. The lowest BCUT2D eigenvalue weighted by atomic mass is 10.1. The molecule has 28 heavy (non-hydrogen) atoms. The molecule has 7 heteroatoms. The maximum absolute atomic E-state index is 13.3. The predicted octanol–water partition coefficient (Wildman–Crippen LogP) is 4.28. The molecule has 0 radical (unpaired) electrons. The van der Waals surface area contributed by atoms with E-state index in [4.69, 9.17) is 4.52 Å². The highest BCUT2D eigenvalue weighted by Crippen LogP contribution is 2.32. The SMILES string of the molecule is Cc1ccc(-c2noc(-c3ccccc3S(=O)(=O)N3CCCC[C@H]3C)n2)cc1. The Balaban J connectivity index is 1.74. The Kier molecular flexibility index (Phi) is 5.03. The van der Waals surface area contributed by atoms with Gasteiger partial charge in [0.25, 0.3) is 5.89 Å². The van der Waals surface area contributed by atoms with Crippen LogP contribution in [0.2, 0.25) is 0 Å². The van der Waals surface area contributed by atoms with Gasteiger partial charge in [0, 0.05) is 18.2 Å². The van der Waals surface area contributed by atoms with Crippen LogP contribution in [0.4, 0.5) is 0 Å². The summed E-state index contributed by atoms with van der Waals surface area (Å²) in [6, 6.07) is 14.6. The molecule has 146 valence electrons. The number of aromatic nitrogens is 2. The van der Waals surface area contributed by atoms with E-state index in [1.165, 1.54) is 0 Å². The number of piperidine rings is 1. The molecule has 2 aromatic carbocycles. The van der Waals surface area contributed by atoms with Crippen molar-refractivity contribution in [1.29, 1.82) is 0 Å². The lowest BCUT2D eigenvalue weighted by Crippen LogP contribution is -2.42. The van der Waals surface area contributed by atoms with Crippen LogP contribution in [0.15, 0.2) is 57.9 Å². The van der Waals surface area contributed by atoms with Crippen LogP contribution in [-0.4, -0.2) is 35.5 Å². The summed E-state index contributed by atoms with van der Waals surface area (Å²) in [4.78, 5) is 4.67. The topological polar surface area (TPSA) is 76.3 Å². The van der Waals surface area contributed by atoms with E-state index in [9.17, 15) is 8.42 Å². The van der Waals surface area contributed by atoms with Gasteiger partial charge in [-0.2, -0.15) is 9.29 Å². The van der Waals surface area contributed by atoms with Gasteiger partial charge >= 0.3 is 0 Å². The third kappa shape index (κ3) is 3.47. The first-order valence-electron chi connectivity index (χ1n) is 9.49. The van der Waals surface area contributed by atoms with Crippen molar-refractivity contribution in [3.63, 3.8) is 0 Å². The number of nitrogens with zero attached hydrogens (tertiary/aromatic N) is 3. The number of benzene rings is 2. The fraction of sp³-hybridized carbons (Fsp3) is 0.333. The van der Waals surface area contributed by atoms with E-state index in [-0.39, 0.29) is 16.8 Å². The molecule has 0 spiro atoms. The van der Waals surface area contributed by atoms with Crippen molar-refractivity contribution in [2.45, 2.75) is 44.0 Å². The van der Waals surface area contributed by atoms with Crippen molar-refractivity contribution in [3.8, 4) is 22.8 Å². The van der Waals surface area contributed by atoms with E-state index in [0.29, 0.717) is 17.9 Å². The Morgan fingerprint density at radius 3 is 2.57 bits per heavy atom. The number of rotatable bonds is 4. The molecule has 1 aromatic heterocycles. The maximum atomic E-state index is 13.3. The van der Waals surface area contributed by atoms with E-state index < -0.39 is 10.0 Å². The third-order valence-electron chi connectivity index (χ3n) is 5.18. The van der Waals surface area contributed by atoms with Gasteiger partial charge < -0.3 is 4.52 Å². The van der Waals surface area contributed by atoms with Crippen LogP contribution in [0.25, 0.3) is 22.8 Å². The molecule has 1 aliphatic rings. The summed E-state index contributed by atoms with van der Waals surface area (Å²) < 4.78 is 33.7. The monoisotopic (exact) mass is 397 g/mol. The summed E-state index contributed by atoms with van der Waals surface area (Å²) in [5.41, 5.74) is 2.40. The smallest absolute Gasteiger partial charge is 0.259 e. The minimum absolute atomic E-state index is 0.0161. The second kappa shape index (κ2) is 7.48. The maximum Gasteiger partial charge on any atom is 0.259 e. The minimum Gasteiger partial charge on any atom is -0.334 e. The van der Waals surface area contributed by atoms with Crippen molar-refractivity contribution in [2.75, 3.05) is 6.54 Å². The molecular weight excluding hydrogens is 374 g/mol. The zero-order valence-electron chi connectivity index (χ0n) is 16.0. The average Bonchev–Trinajstić information content (AvgIpc) is 3.19. The molecule has 1 atom stereocenters. The molecule has 0 bridgehead atoms. The van der Waals surface area contributed by atoms with Crippen molar-refractivity contribution in [2.24, 2.45) is 0 Å². The highest BCUT2D eigenvalue weighted by atomic mass is 32.2. The van der Waals surface area contributed by atoms with Crippen LogP contribution >= 0.6 is 0 Å². The second-order valence-corrected chi connectivity index (χ2v) is 9.10. The van der Waals surface area contributed by atoms with Gasteiger partial charge in [-0.3, -0.25) is 0 Å². The van der Waals surface area contributed by atoms with Gasteiger partial charge in [0.05, 0.1) is 10.5 Å². The Hall–Kier alpha value is -2.51. The van der Waals surface area contributed by atoms with Gasteiger partial charge in [-0.1, -0.05) is 53.5 Å². The van der Waals surface area contributed by atoms with Crippen LogP contribution in [0.1, 0.15) is 31.7 Å². The van der Waals surface area contributed by atoms with Crippen molar-refractivity contribution < 1.29 is 12.9 Å². The van der Waals surface area contributed by atoms with E-state index >= 15 is 0 Å². The normalized spacial score (nSPS) is 18.3. The molecule has 6 nitrogen and oxygen atoms in total. The summed E-state index contributed by atoms with van der Waals surface area (Å²) in [7, 11) is -3.65. The first-order chi connectivity index (χ1) is 13.5. The van der Waals surface area contributed by atoms with E-state index in [0.717, 1.165) is 30.4 Å². The molecule has 2 heterocycles. The van der Waals surface area contributed by atoms with Gasteiger partial charge in [0.2, 0.25) is 15.8 Å². The molecule has 3 aromatic rings. The Morgan fingerprint density at radius 1 is 1.07 bits per heavy atom. The van der Waals surface area contributed by atoms with E-state index in [1.54, 1.807) is 28.6 Å².